The summed E-state index contributed by atoms with van der Waals surface area (Å²) in [6.07, 6.45) is 1.43. The van der Waals surface area contributed by atoms with Crippen molar-refractivity contribution in [3.63, 3.8) is 0 Å². The third-order valence-corrected chi connectivity index (χ3v) is 9.71. The van der Waals surface area contributed by atoms with E-state index in [1.54, 1.807) is 11.1 Å². The second-order valence-corrected chi connectivity index (χ2v) is 13.3. The molecule has 3 saturated heterocycles. The van der Waals surface area contributed by atoms with E-state index in [0.717, 1.165) is 24.6 Å². The Hall–Kier alpha value is -5.08. The summed E-state index contributed by atoms with van der Waals surface area (Å²) in [6.45, 7) is 8.18. The number of hydrazine groups is 1. The minimum Gasteiger partial charge on any atom is -0.508 e. The highest BCUT2D eigenvalue weighted by atomic mass is 19.1. The minimum absolute atomic E-state index is 0.0346. The van der Waals surface area contributed by atoms with Crippen molar-refractivity contribution < 1.29 is 28.3 Å². The molecule has 3 aliphatic heterocycles. The van der Waals surface area contributed by atoms with Crippen LogP contribution in [0, 0.1) is 11.6 Å². The van der Waals surface area contributed by atoms with Crippen LogP contribution in [0.5, 0.6) is 5.75 Å². The van der Waals surface area contributed by atoms with Crippen molar-refractivity contribution in [2.45, 2.75) is 51.1 Å². The second-order valence-electron chi connectivity index (χ2n) is 13.3. The lowest BCUT2D eigenvalue weighted by Crippen LogP contribution is -2.76. The summed E-state index contributed by atoms with van der Waals surface area (Å²) in [5.74, 6) is -2.14. The molecule has 4 amide bonds. The van der Waals surface area contributed by atoms with Crippen molar-refractivity contribution in [2.24, 2.45) is 0 Å². The molecule has 3 fully saturated rings. The van der Waals surface area contributed by atoms with Gasteiger partial charge in [0.05, 0.1) is 25.3 Å². The van der Waals surface area contributed by atoms with E-state index in [9.17, 15) is 19.5 Å². The smallest absolute Gasteiger partial charge is 0.334 e. The number of benzene rings is 2. The van der Waals surface area contributed by atoms with E-state index in [-0.39, 0.29) is 62.3 Å². The Morgan fingerprint density at radius 3 is 2.55 bits per heavy atom. The summed E-state index contributed by atoms with van der Waals surface area (Å²) in [5, 5.41) is 15.8. The molecule has 0 bridgehead atoms. The van der Waals surface area contributed by atoms with Crippen molar-refractivity contribution in [3.05, 3.63) is 102 Å². The molecule has 1 aromatic heterocycles. The fraction of sp³-hybridized carbons (Fsp3) is 0.405. The van der Waals surface area contributed by atoms with E-state index in [1.165, 1.54) is 39.1 Å². The van der Waals surface area contributed by atoms with Gasteiger partial charge in [-0.25, -0.2) is 28.6 Å². The van der Waals surface area contributed by atoms with Crippen LogP contribution in [0.3, 0.4) is 0 Å². The Labute approximate surface area is 296 Å². The van der Waals surface area contributed by atoms with Crippen molar-refractivity contribution in [1.82, 2.24) is 35.0 Å². The number of phenols is 1. The van der Waals surface area contributed by atoms with Crippen LogP contribution >= 0.6 is 0 Å². The van der Waals surface area contributed by atoms with Gasteiger partial charge in [0.15, 0.2) is 11.6 Å². The van der Waals surface area contributed by atoms with Gasteiger partial charge in [0, 0.05) is 44.7 Å². The molecule has 2 aromatic carbocycles. The zero-order valence-electron chi connectivity index (χ0n) is 28.9. The molecule has 3 aromatic rings. The molecule has 3 aliphatic rings. The standard InChI is InChI=1S/C37H44F2N8O4/c1-4-15-42(3)28-21-43(22-28)35-30(38)14-12-27(41-35)20-44-23-33-46(32(36(44)50)17-26-11-13-29(48)18-31(26)39)34(49)24-45(16-5-2)47(33)37(51)40-19-25-9-7-6-8-10-25/h5-14,18,28,32-33,48H,2,4,15-17,19-24H2,1,3H3,(H,40,51)/t32-,33?/m0/s1. The number of likely N-dealkylation sites (N-methyl/N-ethyl adjacent to an activating group) is 1. The summed E-state index contributed by atoms with van der Waals surface area (Å²) in [5.41, 5.74) is 1.42. The van der Waals surface area contributed by atoms with Crippen LogP contribution in [-0.4, -0.2) is 117 Å². The molecule has 12 nitrogen and oxygen atoms in total. The van der Waals surface area contributed by atoms with Gasteiger partial charge in [-0.05, 0) is 49.3 Å². The maximum absolute atomic E-state index is 15.1. The van der Waals surface area contributed by atoms with E-state index in [4.69, 9.17) is 0 Å². The summed E-state index contributed by atoms with van der Waals surface area (Å²) in [4.78, 5) is 53.8. The Morgan fingerprint density at radius 2 is 1.84 bits per heavy atom. The maximum Gasteiger partial charge on any atom is 0.334 e. The number of fused-ring (bicyclic) bond motifs is 1. The number of amides is 4. The predicted octanol–water partition coefficient (Wildman–Crippen LogP) is 3.33. The highest BCUT2D eigenvalue weighted by molar-refractivity contribution is 5.91. The summed E-state index contributed by atoms with van der Waals surface area (Å²) < 4.78 is 30.2. The Kier molecular flexibility index (Phi) is 10.8. The second kappa shape index (κ2) is 15.4. The summed E-state index contributed by atoms with van der Waals surface area (Å²) >= 11 is 0. The maximum atomic E-state index is 15.1. The fourth-order valence-corrected chi connectivity index (χ4v) is 7.03. The van der Waals surface area contributed by atoms with Gasteiger partial charge in [-0.15, -0.1) is 6.58 Å². The number of nitrogens with zero attached hydrogens (tertiary/aromatic N) is 7. The van der Waals surface area contributed by atoms with Gasteiger partial charge in [-0.2, -0.15) is 0 Å². The number of rotatable bonds is 12. The molecule has 51 heavy (non-hydrogen) atoms. The molecule has 0 spiro atoms. The lowest BCUT2D eigenvalue weighted by atomic mass is 9.98. The first-order valence-electron chi connectivity index (χ1n) is 17.2. The first-order valence-corrected chi connectivity index (χ1v) is 17.2. The average Bonchev–Trinajstić information content (AvgIpc) is 3.08. The van der Waals surface area contributed by atoms with Crippen molar-refractivity contribution in [2.75, 3.05) is 51.2 Å². The molecule has 6 rings (SSSR count). The number of hydrogen-bond acceptors (Lipinski definition) is 8. The molecule has 0 saturated carbocycles. The molecule has 0 aliphatic carbocycles. The van der Waals surface area contributed by atoms with Gasteiger partial charge in [-0.1, -0.05) is 49.4 Å². The number of aromatic hydroxyl groups is 1. The van der Waals surface area contributed by atoms with Crippen LogP contribution in [-0.2, 0) is 29.1 Å². The van der Waals surface area contributed by atoms with Gasteiger partial charge >= 0.3 is 6.03 Å². The number of pyridine rings is 1. The van der Waals surface area contributed by atoms with E-state index in [0.29, 0.717) is 18.8 Å². The number of urea groups is 1. The van der Waals surface area contributed by atoms with E-state index in [1.807, 2.05) is 35.2 Å². The number of nitrogens with one attached hydrogen (secondary N) is 1. The van der Waals surface area contributed by atoms with Crippen molar-refractivity contribution >= 4 is 23.7 Å². The van der Waals surface area contributed by atoms with E-state index in [2.05, 4.69) is 35.8 Å². The van der Waals surface area contributed by atoms with Crippen LogP contribution in [0.1, 0.15) is 30.2 Å². The quantitative estimate of drug-likeness (QED) is 0.277. The largest absolute Gasteiger partial charge is 0.508 e. The predicted molar refractivity (Wildman–Crippen MR) is 187 cm³/mol. The normalized spacial score (nSPS) is 19.7. The molecule has 0 radical (unpaired) electrons. The molecule has 2 N–H and O–H groups in total. The minimum atomic E-state index is -1.18. The monoisotopic (exact) mass is 702 g/mol. The Bertz CT molecular complexity index is 1760. The van der Waals surface area contributed by atoms with Crippen molar-refractivity contribution in [3.8, 4) is 5.75 Å². The lowest BCUT2D eigenvalue weighted by Gasteiger charge is -2.55. The Morgan fingerprint density at radius 1 is 1.08 bits per heavy atom. The third kappa shape index (κ3) is 7.66. The number of halogens is 2. The molecule has 4 heterocycles. The Balaban J connectivity index is 1.31. The molecule has 1 unspecified atom stereocenters. The number of piperazine rings is 1. The number of hydrogen-bond donors (Lipinski definition) is 2. The van der Waals surface area contributed by atoms with Gasteiger partial charge in [0.2, 0.25) is 11.8 Å². The number of carbonyl (C=O) groups excluding carboxylic acids is 3. The molecular formula is C37H44F2N8O4. The number of aromatic nitrogens is 1. The van der Waals surface area contributed by atoms with Crippen LogP contribution in [0.25, 0.3) is 0 Å². The van der Waals surface area contributed by atoms with Crippen LogP contribution in [0.4, 0.5) is 19.4 Å². The fourth-order valence-electron chi connectivity index (χ4n) is 7.03. The molecule has 14 heteroatoms. The zero-order valence-corrected chi connectivity index (χ0v) is 28.9. The highest BCUT2D eigenvalue weighted by Gasteiger charge is 2.51. The first kappa shape index (κ1) is 35.7. The number of carbonyl (C=O) groups is 3. The SMILES string of the molecule is C=CCN1CC(=O)N2C(CN(Cc3ccc(F)c(N4CC(N(C)CCC)C4)n3)C(=O)[C@@H]2Cc2ccc(O)cc2F)N1C(=O)NCc1ccccc1. The summed E-state index contributed by atoms with van der Waals surface area (Å²) in [7, 11) is 2.05. The average molecular weight is 703 g/mol. The zero-order chi connectivity index (χ0) is 36.2. The first-order chi connectivity index (χ1) is 24.6. The van der Waals surface area contributed by atoms with Crippen LogP contribution in [0.15, 0.2) is 73.3 Å². The van der Waals surface area contributed by atoms with E-state index < -0.39 is 41.7 Å². The van der Waals surface area contributed by atoms with E-state index >= 15 is 8.78 Å². The molecule has 2 atom stereocenters. The van der Waals surface area contributed by atoms with Gasteiger partial charge in [-0.3, -0.25) is 14.5 Å². The van der Waals surface area contributed by atoms with Gasteiger partial charge in [0.25, 0.3) is 0 Å². The number of anilines is 1. The highest BCUT2D eigenvalue weighted by Crippen LogP contribution is 2.31. The molecular weight excluding hydrogens is 658 g/mol. The van der Waals surface area contributed by atoms with Crippen molar-refractivity contribution in [1.29, 1.82) is 0 Å². The topological polar surface area (TPSA) is 116 Å². The van der Waals surface area contributed by atoms with Gasteiger partial charge in [0.1, 0.15) is 23.8 Å². The third-order valence-electron chi connectivity index (χ3n) is 9.71. The summed E-state index contributed by atoms with van der Waals surface area (Å²) in [6, 6.07) is 14.5. The number of phenolic OH excluding ortho intramolecular Hbond substituents is 1. The van der Waals surface area contributed by atoms with Crippen LogP contribution in [0.2, 0.25) is 0 Å². The lowest BCUT2D eigenvalue weighted by molar-refractivity contribution is -0.189. The molecule has 270 valence electrons. The van der Waals surface area contributed by atoms with Crippen LogP contribution < -0.4 is 10.2 Å². The van der Waals surface area contributed by atoms with Gasteiger partial charge < -0.3 is 25.1 Å².